The lowest BCUT2D eigenvalue weighted by Gasteiger charge is -2.09. The molecule has 2 aromatic rings. The highest BCUT2D eigenvalue weighted by molar-refractivity contribution is 7.13. The van der Waals surface area contributed by atoms with Crippen molar-refractivity contribution in [2.24, 2.45) is 5.10 Å². The zero-order valence-electron chi connectivity index (χ0n) is 11.8. The van der Waals surface area contributed by atoms with Gasteiger partial charge < -0.3 is 5.32 Å². The number of amides is 1. The molecule has 0 aliphatic heterocycles. The second-order valence-electron chi connectivity index (χ2n) is 4.51. The van der Waals surface area contributed by atoms with Gasteiger partial charge in [-0.15, -0.1) is 11.3 Å². The van der Waals surface area contributed by atoms with E-state index in [2.05, 4.69) is 15.8 Å². The van der Waals surface area contributed by atoms with E-state index in [4.69, 9.17) is 11.6 Å². The van der Waals surface area contributed by atoms with Gasteiger partial charge in [0.05, 0.1) is 12.8 Å². The van der Waals surface area contributed by atoms with Crippen molar-refractivity contribution < 1.29 is 4.79 Å². The third-order valence-electron chi connectivity index (χ3n) is 2.85. The molecule has 0 spiro atoms. The Morgan fingerprint density at radius 2 is 2.14 bits per heavy atom. The van der Waals surface area contributed by atoms with Crippen LogP contribution in [0.2, 0.25) is 5.02 Å². The Balaban J connectivity index is 1.82. The van der Waals surface area contributed by atoms with E-state index in [9.17, 15) is 4.79 Å². The minimum Gasteiger partial charge on any atom is -0.376 e. The minimum absolute atomic E-state index is 0.141. The maximum atomic E-state index is 11.7. The fraction of sp³-hybridized carbons (Fsp3) is 0.200. The predicted octanol–water partition coefficient (Wildman–Crippen LogP) is 3.58. The number of hydrogen-bond donors (Lipinski definition) is 2. The summed E-state index contributed by atoms with van der Waals surface area (Å²) in [6.07, 6.45) is 1.64. The number of carbonyl (C=O) groups excluding carboxylic acids is 1. The van der Waals surface area contributed by atoms with E-state index in [1.165, 1.54) is 4.88 Å². The zero-order chi connectivity index (χ0) is 15.2. The quantitative estimate of drug-likeness (QED) is 0.653. The summed E-state index contributed by atoms with van der Waals surface area (Å²) in [6.45, 7) is 4.07. The number of thiophene rings is 1. The molecule has 0 radical (unpaired) electrons. The number of rotatable bonds is 5. The van der Waals surface area contributed by atoms with Crippen LogP contribution in [0.4, 0.5) is 5.69 Å². The Kier molecular flexibility index (Phi) is 5.36. The highest BCUT2D eigenvalue weighted by Gasteiger charge is 2.04. The van der Waals surface area contributed by atoms with Gasteiger partial charge in [0.25, 0.3) is 5.91 Å². The SMILES string of the molecule is Cc1ccc(/C=N/NC(=O)CNc2cccc(Cl)c2C)s1. The predicted molar refractivity (Wildman–Crippen MR) is 89.5 cm³/mol. The molecule has 2 N–H and O–H groups in total. The fourth-order valence-electron chi connectivity index (χ4n) is 1.70. The molecule has 1 heterocycles. The monoisotopic (exact) mass is 321 g/mol. The lowest BCUT2D eigenvalue weighted by atomic mass is 10.2. The standard InChI is InChI=1S/C15H16ClN3OS/c1-10-6-7-12(21-10)8-18-19-15(20)9-17-14-5-3-4-13(16)11(14)2/h3-8,17H,9H2,1-2H3,(H,19,20)/b18-8+. The van der Waals surface area contributed by atoms with E-state index in [1.807, 2.05) is 44.2 Å². The molecule has 0 aliphatic carbocycles. The molecule has 0 saturated heterocycles. The van der Waals surface area contributed by atoms with E-state index in [1.54, 1.807) is 17.6 Å². The number of hydrazone groups is 1. The van der Waals surface area contributed by atoms with Gasteiger partial charge >= 0.3 is 0 Å². The summed E-state index contributed by atoms with van der Waals surface area (Å²) in [7, 11) is 0. The first-order chi connectivity index (χ1) is 10.1. The van der Waals surface area contributed by atoms with Crippen molar-refractivity contribution in [1.29, 1.82) is 0 Å². The van der Waals surface area contributed by atoms with Crippen molar-refractivity contribution in [1.82, 2.24) is 5.43 Å². The molecule has 21 heavy (non-hydrogen) atoms. The topological polar surface area (TPSA) is 53.5 Å². The van der Waals surface area contributed by atoms with E-state index in [0.717, 1.165) is 16.1 Å². The molecule has 1 amide bonds. The molecule has 1 aromatic carbocycles. The molecule has 0 aliphatic rings. The van der Waals surface area contributed by atoms with Gasteiger partial charge in [-0.1, -0.05) is 17.7 Å². The van der Waals surface area contributed by atoms with Crippen LogP contribution in [0.5, 0.6) is 0 Å². The largest absolute Gasteiger partial charge is 0.376 e. The van der Waals surface area contributed by atoms with Crippen LogP contribution in [0, 0.1) is 13.8 Å². The second kappa shape index (κ2) is 7.24. The molecule has 0 fully saturated rings. The van der Waals surface area contributed by atoms with Gasteiger partial charge in [0.2, 0.25) is 0 Å². The van der Waals surface area contributed by atoms with Gasteiger partial charge in [-0.2, -0.15) is 5.10 Å². The van der Waals surface area contributed by atoms with Crippen LogP contribution >= 0.6 is 22.9 Å². The van der Waals surface area contributed by atoms with Gasteiger partial charge in [0, 0.05) is 20.5 Å². The highest BCUT2D eigenvalue weighted by Crippen LogP contribution is 2.22. The van der Waals surface area contributed by atoms with Crippen LogP contribution in [-0.2, 0) is 4.79 Å². The van der Waals surface area contributed by atoms with Crippen LogP contribution in [0.15, 0.2) is 35.4 Å². The lowest BCUT2D eigenvalue weighted by molar-refractivity contribution is -0.119. The number of halogens is 1. The third kappa shape index (κ3) is 4.58. The highest BCUT2D eigenvalue weighted by atomic mass is 35.5. The summed E-state index contributed by atoms with van der Waals surface area (Å²) < 4.78 is 0. The Morgan fingerprint density at radius 1 is 1.33 bits per heavy atom. The zero-order valence-corrected chi connectivity index (χ0v) is 13.4. The Labute approximate surface area is 132 Å². The number of aryl methyl sites for hydroxylation is 1. The van der Waals surface area contributed by atoms with Crippen LogP contribution in [-0.4, -0.2) is 18.7 Å². The summed E-state index contributed by atoms with van der Waals surface area (Å²) in [5.41, 5.74) is 4.25. The first-order valence-electron chi connectivity index (χ1n) is 6.43. The van der Waals surface area contributed by atoms with Crippen LogP contribution < -0.4 is 10.7 Å². The minimum atomic E-state index is -0.209. The Bertz CT molecular complexity index is 667. The molecule has 0 bridgehead atoms. The number of carbonyl (C=O) groups is 1. The molecule has 1 aromatic heterocycles. The van der Waals surface area contributed by atoms with Crippen molar-refractivity contribution in [3.8, 4) is 0 Å². The smallest absolute Gasteiger partial charge is 0.259 e. The van der Waals surface area contributed by atoms with Crippen molar-refractivity contribution in [2.75, 3.05) is 11.9 Å². The average molecular weight is 322 g/mol. The summed E-state index contributed by atoms with van der Waals surface area (Å²) in [6, 6.07) is 9.51. The normalized spacial score (nSPS) is 10.8. The molecule has 2 rings (SSSR count). The van der Waals surface area contributed by atoms with E-state index in [0.29, 0.717) is 5.02 Å². The number of anilines is 1. The van der Waals surface area contributed by atoms with E-state index >= 15 is 0 Å². The maximum absolute atomic E-state index is 11.7. The lowest BCUT2D eigenvalue weighted by Crippen LogP contribution is -2.26. The van der Waals surface area contributed by atoms with Crippen molar-refractivity contribution in [3.05, 3.63) is 50.7 Å². The fourth-order valence-corrected chi connectivity index (χ4v) is 2.63. The van der Waals surface area contributed by atoms with E-state index in [-0.39, 0.29) is 12.5 Å². The Hall–Kier alpha value is -1.85. The van der Waals surface area contributed by atoms with Crippen LogP contribution in [0.1, 0.15) is 15.3 Å². The number of hydrogen-bond acceptors (Lipinski definition) is 4. The van der Waals surface area contributed by atoms with Gasteiger partial charge in [0.15, 0.2) is 0 Å². The first-order valence-corrected chi connectivity index (χ1v) is 7.63. The molecule has 6 heteroatoms. The average Bonchev–Trinajstić information content (AvgIpc) is 2.86. The molecular formula is C15H16ClN3OS. The summed E-state index contributed by atoms with van der Waals surface area (Å²) in [5.74, 6) is -0.209. The summed E-state index contributed by atoms with van der Waals surface area (Å²) >= 11 is 7.64. The molecule has 110 valence electrons. The maximum Gasteiger partial charge on any atom is 0.259 e. The first kappa shape index (κ1) is 15.5. The van der Waals surface area contributed by atoms with E-state index < -0.39 is 0 Å². The third-order valence-corrected chi connectivity index (χ3v) is 4.19. The molecular weight excluding hydrogens is 306 g/mol. The molecule has 4 nitrogen and oxygen atoms in total. The van der Waals surface area contributed by atoms with Gasteiger partial charge in [-0.3, -0.25) is 4.79 Å². The summed E-state index contributed by atoms with van der Waals surface area (Å²) in [5, 5.41) is 7.64. The number of nitrogens with one attached hydrogen (secondary N) is 2. The van der Waals surface area contributed by atoms with Gasteiger partial charge in [0.1, 0.15) is 0 Å². The van der Waals surface area contributed by atoms with Crippen LogP contribution in [0.25, 0.3) is 0 Å². The Morgan fingerprint density at radius 3 is 2.86 bits per heavy atom. The van der Waals surface area contributed by atoms with Crippen LogP contribution in [0.3, 0.4) is 0 Å². The van der Waals surface area contributed by atoms with Gasteiger partial charge in [-0.05, 0) is 43.7 Å². The molecule has 0 atom stereocenters. The van der Waals surface area contributed by atoms with Crippen molar-refractivity contribution in [2.45, 2.75) is 13.8 Å². The van der Waals surface area contributed by atoms with Crippen molar-refractivity contribution >= 4 is 40.7 Å². The van der Waals surface area contributed by atoms with Crippen molar-refractivity contribution in [3.63, 3.8) is 0 Å². The number of benzene rings is 1. The number of nitrogens with zero attached hydrogens (tertiary/aromatic N) is 1. The van der Waals surface area contributed by atoms with Gasteiger partial charge in [-0.25, -0.2) is 5.43 Å². The summed E-state index contributed by atoms with van der Waals surface area (Å²) in [4.78, 5) is 13.9. The molecule has 0 unspecified atom stereocenters. The molecule has 0 saturated carbocycles. The second-order valence-corrected chi connectivity index (χ2v) is 6.23.